The third-order valence-corrected chi connectivity index (χ3v) is 6.68. The molecular formula is C31H35N3O7. The van der Waals surface area contributed by atoms with E-state index in [2.05, 4.69) is 5.32 Å². The van der Waals surface area contributed by atoms with Crippen LogP contribution in [0.2, 0.25) is 0 Å². The van der Waals surface area contributed by atoms with E-state index in [-0.39, 0.29) is 37.6 Å². The third-order valence-electron chi connectivity index (χ3n) is 6.68. The smallest absolute Gasteiger partial charge is 0.336 e. The lowest BCUT2D eigenvalue weighted by molar-refractivity contribution is -0.141. The minimum Gasteiger partial charge on any atom is -0.497 e. The van der Waals surface area contributed by atoms with Crippen molar-refractivity contribution >= 4 is 11.9 Å². The van der Waals surface area contributed by atoms with Crippen LogP contribution in [0.4, 0.5) is 0 Å². The number of hydrogen-bond donors (Lipinski definition) is 1. The second kappa shape index (κ2) is 13.8. The first-order chi connectivity index (χ1) is 19.9. The molecule has 0 saturated heterocycles. The van der Waals surface area contributed by atoms with Gasteiger partial charge < -0.3 is 29.0 Å². The van der Waals surface area contributed by atoms with Crippen molar-refractivity contribution in [2.75, 3.05) is 47.8 Å². The second-order valence-electron chi connectivity index (χ2n) is 9.33. The van der Waals surface area contributed by atoms with Gasteiger partial charge in [-0.1, -0.05) is 18.2 Å². The number of nitrogens with zero attached hydrogens (tertiary/aromatic N) is 2. The van der Waals surface area contributed by atoms with Gasteiger partial charge in [-0.2, -0.15) is 5.10 Å². The van der Waals surface area contributed by atoms with Crippen LogP contribution in [0.5, 0.6) is 5.75 Å². The van der Waals surface area contributed by atoms with Gasteiger partial charge in [-0.3, -0.25) is 0 Å². The highest BCUT2D eigenvalue weighted by atomic mass is 16.6. The molecule has 216 valence electrons. The Morgan fingerprint density at radius 3 is 1.88 bits per heavy atom. The molecule has 4 rings (SSSR count). The Balaban J connectivity index is 1.92. The van der Waals surface area contributed by atoms with Crippen molar-refractivity contribution in [3.05, 3.63) is 88.9 Å². The maximum absolute atomic E-state index is 13.6. The van der Waals surface area contributed by atoms with Crippen molar-refractivity contribution in [2.45, 2.75) is 19.8 Å². The van der Waals surface area contributed by atoms with Crippen LogP contribution in [0, 0.1) is 0 Å². The standard InChI is InChI=1S/C31H35N3O7/c1-20-26(30(35)40-17-15-37-3)28(27(21(2)32-20)31(36)41-18-16-38-4)25-19-34(23-9-7-6-8-10-23)33-29(25)22-11-13-24(39-5)14-12-22/h6-14,19,28,32H,15-18H2,1-5H3. The third kappa shape index (κ3) is 6.67. The van der Waals surface area contributed by atoms with Crippen LogP contribution in [0.15, 0.2) is 83.3 Å². The zero-order valence-electron chi connectivity index (χ0n) is 23.9. The lowest BCUT2D eigenvalue weighted by Crippen LogP contribution is -2.33. The van der Waals surface area contributed by atoms with Gasteiger partial charge >= 0.3 is 11.9 Å². The number of allylic oxidation sites excluding steroid dienone is 2. The predicted octanol–water partition coefficient (Wildman–Crippen LogP) is 4.16. The fraction of sp³-hybridized carbons (Fsp3) is 0.323. The summed E-state index contributed by atoms with van der Waals surface area (Å²) in [7, 11) is 4.66. The van der Waals surface area contributed by atoms with Crippen LogP contribution in [-0.4, -0.2) is 69.5 Å². The molecule has 0 bridgehead atoms. The molecule has 1 N–H and O–H groups in total. The van der Waals surface area contributed by atoms with E-state index in [0.717, 1.165) is 11.3 Å². The summed E-state index contributed by atoms with van der Waals surface area (Å²) < 4.78 is 28.4. The molecule has 0 saturated carbocycles. The van der Waals surface area contributed by atoms with Crippen molar-refractivity contribution in [3.8, 4) is 22.7 Å². The Labute approximate surface area is 239 Å². The fourth-order valence-electron chi connectivity index (χ4n) is 4.72. The zero-order valence-corrected chi connectivity index (χ0v) is 23.9. The maximum Gasteiger partial charge on any atom is 0.336 e. The van der Waals surface area contributed by atoms with E-state index >= 15 is 0 Å². The van der Waals surface area contributed by atoms with Crippen molar-refractivity contribution in [2.24, 2.45) is 0 Å². The summed E-state index contributed by atoms with van der Waals surface area (Å²) in [6.45, 7) is 4.16. The van der Waals surface area contributed by atoms with Crippen LogP contribution < -0.4 is 10.1 Å². The Kier molecular flexibility index (Phi) is 9.94. The molecule has 41 heavy (non-hydrogen) atoms. The largest absolute Gasteiger partial charge is 0.497 e. The molecule has 0 radical (unpaired) electrons. The average Bonchev–Trinajstić information content (AvgIpc) is 3.42. The van der Waals surface area contributed by atoms with Crippen molar-refractivity contribution in [1.29, 1.82) is 0 Å². The molecule has 0 aliphatic carbocycles. The molecule has 2 heterocycles. The normalized spacial score (nSPS) is 13.7. The SMILES string of the molecule is COCCOC(=O)C1=C(C)NC(C)=C(C(=O)OCCOC)C1c1cn(-c2ccccc2)nc1-c1ccc(OC)cc1. The Hall–Kier alpha value is -4.41. The Morgan fingerprint density at radius 2 is 1.37 bits per heavy atom. The number of methoxy groups -OCH3 is 3. The molecule has 0 fully saturated rings. The van der Waals surface area contributed by atoms with Gasteiger partial charge in [0.2, 0.25) is 0 Å². The van der Waals surface area contributed by atoms with E-state index in [1.54, 1.807) is 25.6 Å². The highest BCUT2D eigenvalue weighted by molar-refractivity contribution is 6.00. The van der Waals surface area contributed by atoms with Gasteiger partial charge in [0.1, 0.15) is 19.0 Å². The molecule has 0 amide bonds. The fourth-order valence-corrected chi connectivity index (χ4v) is 4.72. The molecule has 3 aromatic rings. The van der Waals surface area contributed by atoms with Gasteiger partial charge in [0, 0.05) is 42.9 Å². The first-order valence-corrected chi connectivity index (χ1v) is 13.2. The first-order valence-electron chi connectivity index (χ1n) is 13.2. The lowest BCUT2D eigenvalue weighted by atomic mass is 9.79. The number of benzene rings is 2. The number of carbonyl (C=O) groups excluding carboxylic acids is 2. The van der Waals surface area contributed by atoms with Crippen molar-refractivity contribution in [3.63, 3.8) is 0 Å². The number of ether oxygens (including phenoxy) is 5. The van der Waals surface area contributed by atoms with Crippen molar-refractivity contribution in [1.82, 2.24) is 15.1 Å². The maximum atomic E-state index is 13.6. The number of esters is 2. The van der Waals surface area contributed by atoms with Crippen LogP contribution in [0.3, 0.4) is 0 Å². The van der Waals surface area contributed by atoms with E-state index in [0.29, 0.717) is 28.4 Å². The molecule has 0 spiro atoms. The highest BCUT2D eigenvalue weighted by Gasteiger charge is 2.40. The second-order valence-corrected chi connectivity index (χ2v) is 9.33. The quantitative estimate of drug-likeness (QED) is 0.257. The lowest BCUT2D eigenvalue weighted by Gasteiger charge is -2.30. The number of para-hydroxylation sites is 1. The summed E-state index contributed by atoms with van der Waals surface area (Å²) in [6, 6.07) is 17.1. The monoisotopic (exact) mass is 561 g/mol. The molecule has 10 heteroatoms. The number of aromatic nitrogens is 2. The minimum atomic E-state index is -0.837. The van der Waals surface area contributed by atoms with Crippen LogP contribution in [0.25, 0.3) is 16.9 Å². The van der Waals surface area contributed by atoms with Crippen LogP contribution in [0.1, 0.15) is 25.3 Å². The van der Waals surface area contributed by atoms with Crippen molar-refractivity contribution < 1.29 is 33.3 Å². The molecule has 1 aromatic heterocycles. The summed E-state index contributed by atoms with van der Waals surface area (Å²) >= 11 is 0. The van der Waals surface area contributed by atoms with E-state index in [1.165, 1.54) is 14.2 Å². The molecule has 2 aromatic carbocycles. The van der Waals surface area contributed by atoms with Gasteiger partial charge in [-0.05, 0) is 50.2 Å². The molecule has 1 aliphatic heterocycles. The number of hydrogen-bond acceptors (Lipinski definition) is 9. The summed E-state index contributed by atoms with van der Waals surface area (Å²) in [5, 5.41) is 8.12. The minimum absolute atomic E-state index is 0.0593. The van der Waals surface area contributed by atoms with Gasteiger partial charge in [-0.15, -0.1) is 0 Å². The van der Waals surface area contributed by atoms with E-state index in [1.807, 2.05) is 60.8 Å². The predicted molar refractivity (Wildman–Crippen MR) is 152 cm³/mol. The van der Waals surface area contributed by atoms with Gasteiger partial charge in [0.15, 0.2) is 0 Å². The van der Waals surface area contributed by atoms with Gasteiger partial charge in [0.05, 0.1) is 48.8 Å². The number of dihydropyridines is 1. The highest BCUT2D eigenvalue weighted by Crippen LogP contribution is 2.43. The number of carbonyl (C=O) groups is 2. The molecule has 0 atom stereocenters. The Morgan fingerprint density at radius 1 is 0.805 bits per heavy atom. The number of rotatable bonds is 12. The van der Waals surface area contributed by atoms with Crippen LogP contribution in [-0.2, 0) is 28.5 Å². The molecule has 10 nitrogen and oxygen atoms in total. The van der Waals surface area contributed by atoms with Gasteiger partial charge in [-0.25, -0.2) is 14.3 Å². The topological polar surface area (TPSA) is 110 Å². The summed E-state index contributed by atoms with van der Waals surface area (Å²) in [6.07, 6.45) is 1.84. The first kappa shape index (κ1) is 29.6. The van der Waals surface area contributed by atoms with E-state index < -0.39 is 17.9 Å². The summed E-state index contributed by atoms with van der Waals surface area (Å²) in [4.78, 5) is 27.2. The summed E-state index contributed by atoms with van der Waals surface area (Å²) in [5.74, 6) is -1.29. The molecule has 0 unspecified atom stereocenters. The molecule has 1 aliphatic rings. The van der Waals surface area contributed by atoms with Gasteiger partial charge in [0.25, 0.3) is 0 Å². The van der Waals surface area contributed by atoms with E-state index in [9.17, 15) is 9.59 Å². The zero-order chi connectivity index (χ0) is 29.4. The molecular weight excluding hydrogens is 526 g/mol. The average molecular weight is 562 g/mol. The number of nitrogens with one attached hydrogen (secondary N) is 1. The van der Waals surface area contributed by atoms with Crippen LogP contribution >= 0.6 is 0 Å². The Bertz CT molecular complexity index is 1380. The summed E-state index contributed by atoms with van der Waals surface area (Å²) in [5.41, 5.74) is 4.53. The van der Waals surface area contributed by atoms with E-state index in [4.69, 9.17) is 28.8 Å².